The molecule has 0 aliphatic heterocycles. The zero-order valence-electron chi connectivity index (χ0n) is 4.30. The van der Waals surface area contributed by atoms with Gasteiger partial charge in [-0.05, 0) is 13.3 Å². The van der Waals surface area contributed by atoms with Gasteiger partial charge in [-0.1, -0.05) is 77.0 Å². The van der Waals surface area contributed by atoms with Gasteiger partial charge in [0.25, 0.3) is 0 Å². The Morgan fingerprint density at radius 2 is 1.88 bits per heavy atom. The van der Waals surface area contributed by atoms with Crippen LogP contribution in [0.25, 0.3) is 0 Å². The zero-order chi connectivity index (χ0) is 6.78. The molecule has 0 aromatic rings. The van der Waals surface area contributed by atoms with E-state index in [1.807, 2.05) is 0 Å². The van der Waals surface area contributed by atoms with E-state index in [0.29, 0.717) is 5.16 Å². The van der Waals surface area contributed by atoms with Gasteiger partial charge in [-0.15, -0.1) is 0 Å². The van der Waals surface area contributed by atoms with Gasteiger partial charge in [0.1, 0.15) is 0 Å². The van der Waals surface area contributed by atoms with E-state index in [9.17, 15) is 0 Å². The molecule has 0 saturated carbocycles. The largest absolute Gasteiger partial charge is 0.0764 e. The van der Waals surface area contributed by atoms with Crippen LogP contribution in [-0.4, -0.2) is 5.16 Å². The first kappa shape index (κ1) is 10.4. The van der Waals surface area contributed by atoms with Gasteiger partial charge < -0.3 is 0 Å². The number of hydrogen-bond donors (Lipinski definition) is 0. The van der Waals surface area contributed by atoms with Gasteiger partial charge >= 0.3 is 0 Å². The molecule has 0 nitrogen and oxygen atoms in total. The standard InChI is InChI=1S/C4H6Br2I2/c1-4(7,8)2-3(5)6/h3H,2H2,1H3. The van der Waals surface area contributed by atoms with Crippen molar-refractivity contribution < 1.29 is 0 Å². The highest BCUT2D eigenvalue weighted by molar-refractivity contribution is 14.2. The third-order valence-corrected chi connectivity index (χ3v) is 2.04. The van der Waals surface area contributed by atoms with Crippen molar-refractivity contribution in [2.75, 3.05) is 0 Å². The van der Waals surface area contributed by atoms with E-state index in [2.05, 4.69) is 84.0 Å². The van der Waals surface area contributed by atoms with Gasteiger partial charge in [0, 0.05) is 0 Å². The van der Waals surface area contributed by atoms with Crippen molar-refractivity contribution in [1.82, 2.24) is 0 Å². The zero-order valence-corrected chi connectivity index (χ0v) is 11.8. The predicted octanol–water partition coefficient (Wildman–Crippen LogP) is 4.08. The lowest BCUT2D eigenvalue weighted by Crippen LogP contribution is -2.07. The van der Waals surface area contributed by atoms with E-state index < -0.39 is 0 Å². The molecule has 0 aromatic carbocycles. The summed E-state index contributed by atoms with van der Waals surface area (Å²) in [6, 6.07) is 0. The van der Waals surface area contributed by atoms with Crippen molar-refractivity contribution in [2.45, 2.75) is 18.5 Å². The Labute approximate surface area is 94.1 Å². The molecule has 0 amide bonds. The average molecular weight is 468 g/mol. The second-order valence-corrected chi connectivity index (χ2v) is 11.9. The van der Waals surface area contributed by atoms with E-state index in [4.69, 9.17) is 0 Å². The summed E-state index contributed by atoms with van der Waals surface area (Å²) in [5.74, 6) is 0. The molecule has 0 radical (unpaired) electrons. The van der Waals surface area contributed by atoms with Crippen LogP contribution in [0.4, 0.5) is 0 Å². The summed E-state index contributed by atoms with van der Waals surface area (Å²) in [6.07, 6.45) is 1.13. The lowest BCUT2D eigenvalue weighted by Gasteiger charge is -2.13. The number of hydrogen-bond acceptors (Lipinski definition) is 0. The second-order valence-electron chi connectivity index (χ2n) is 1.67. The molecule has 0 aromatic heterocycles. The summed E-state index contributed by atoms with van der Waals surface area (Å²) >= 11 is 11.7. The minimum atomic E-state index is 0.368. The van der Waals surface area contributed by atoms with Crippen molar-refractivity contribution >= 4 is 77.0 Å². The molecule has 50 valence electrons. The van der Waals surface area contributed by atoms with Gasteiger partial charge in [0.15, 0.2) is 0 Å². The Morgan fingerprint density at radius 3 is 1.88 bits per heavy atom. The fourth-order valence-electron chi connectivity index (χ4n) is 0.271. The highest BCUT2D eigenvalue weighted by atomic mass is 127. The molecule has 0 spiro atoms. The number of alkyl halides is 4. The molecule has 0 unspecified atom stereocenters. The lowest BCUT2D eigenvalue weighted by atomic mass is 10.4. The van der Waals surface area contributed by atoms with Crippen molar-refractivity contribution in [3.8, 4) is 0 Å². The molecule has 0 N–H and O–H groups in total. The maximum Gasteiger partial charge on any atom is 0.0725 e. The minimum absolute atomic E-state index is 0.368. The normalized spacial score (nSPS) is 12.8. The lowest BCUT2D eigenvalue weighted by molar-refractivity contribution is 0.909. The van der Waals surface area contributed by atoms with Gasteiger partial charge in [-0.2, -0.15) is 0 Å². The Kier molecular flexibility index (Phi) is 5.64. The van der Waals surface area contributed by atoms with E-state index in [-0.39, 0.29) is 0 Å². The molecule has 0 rings (SSSR count). The SMILES string of the molecule is CC(I)(I)CC(Br)Br. The van der Waals surface area contributed by atoms with Gasteiger partial charge in [0.05, 0.1) is 5.16 Å². The smallest absolute Gasteiger partial charge is 0.0725 e. The summed E-state index contributed by atoms with van der Waals surface area (Å²) in [6.45, 7) is 2.20. The van der Waals surface area contributed by atoms with Crippen LogP contribution in [0, 0.1) is 0 Å². The quantitative estimate of drug-likeness (QED) is 0.424. The number of rotatable bonds is 2. The van der Waals surface area contributed by atoms with Crippen molar-refractivity contribution in [3.05, 3.63) is 0 Å². The summed E-state index contributed by atoms with van der Waals surface area (Å²) < 4.78 is 0.821. The van der Waals surface area contributed by atoms with Crippen LogP contribution in [0.15, 0.2) is 0 Å². The molecular formula is C4H6Br2I2. The van der Waals surface area contributed by atoms with Crippen LogP contribution in [-0.2, 0) is 0 Å². The van der Waals surface area contributed by atoms with E-state index >= 15 is 0 Å². The highest BCUT2D eigenvalue weighted by Gasteiger charge is 2.17. The molecule has 0 aliphatic rings. The van der Waals surface area contributed by atoms with E-state index in [1.54, 1.807) is 0 Å². The molecular weight excluding hydrogens is 462 g/mol. The highest BCUT2D eigenvalue weighted by Crippen LogP contribution is 2.35. The Balaban J connectivity index is 3.39. The third-order valence-electron chi connectivity index (χ3n) is 0.513. The molecule has 8 heavy (non-hydrogen) atoms. The maximum atomic E-state index is 3.42. The first-order valence-corrected chi connectivity index (χ1v) is 6.07. The summed E-state index contributed by atoms with van der Waals surface area (Å²) in [7, 11) is 0. The molecule has 0 aliphatic carbocycles. The third kappa shape index (κ3) is 8.42. The van der Waals surface area contributed by atoms with Crippen molar-refractivity contribution in [2.24, 2.45) is 0 Å². The maximum absolute atomic E-state index is 3.42. The van der Waals surface area contributed by atoms with Gasteiger partial charge in [-0.25, -0.2) is 0 Å². The molecule has 0 fully saturated rings. The van der Waals surface area contributed by atoms with E-state index in [1.165, 1.54) is 0 Å². The summed E-state index contributed by atoms with van der Waals surface area (Å²) in [5.41, 5.74) is 0. The van der Waals surface area contributed by atoms with Gasteiger partial charge in [0.2, 0.25) is 0 Å². The first-order valence-electron chi connectivity index (χ1n) is 2.08. The monoisotopic (exact) mass is 466 g/mol. The first-order chi connectivity index (χ1) is 3.42. The predicted molar refractivity (Wildman–Crippen MR) is 62.7 cm³/mol. The topological polar surface area (TPSA) is 0 Å². The average Bonchev–Trinajstić information content (AvgIpc) is 1.21. The van der Waals surface area contributed by atoms with Crippen LogP contribution >= 0.6 is 77.0 Å². The Bertz CT molecular complexity index is 66.9. The fourth-order valence-corrected chi connectivity index (χ4v) is 4.87. The van der Waals surface area contributed by atoms with Crippen LogP contribution in [0.3, 0.4) is 0 Å². The molecule has 0 heterocycles. The second kappa shape index (κ2) is 4.33. The van der Waals surface area contributed by atoms with Crippen LogP contribution in [0.2, 0.25) is 0 Å². The van der Waals surface area contributed by atoms with Crippen LogP contribution in [0.1, 0.15) is 13.3 Å². The molecule has 0 bridgehead atoms. The van der Waals surface area contributed by atoms with Crippen molar-refractivity contribution in [3.63, 3.8) is 0 Å². The Morgan fingerprint density at radius 1 is 1.50 bits per heavy atom. The van der Waals surface area contributed by atoms with Crippen molar-refractivity contribution in [1.29, 1.82) is 0 Å². The van der Waals surface area contributed by atoms with Crippen LogP contribution < -0.4 is 0 Å². The minimum Gasteiger partial charge on any atom is -0.0764 e. The molecule has 0 saturated heterocycles. The van der Waals surface area contributed by atoms with Crippen LogP contribution in [0.5, 0.6) is 0 Å². The summed E-state index contributed by atoms with van der Waals surface area (Å²) in [5, 5.41) is 0. The Hall–Kier alpha value is 2.42. The summed E-state index contributed by atoms with van der Waals surface area (Å²) in [4.78, 5) is 0. The number of halogens is 4. The molecule has 0 atom stereocenters. The van der Waals surface area contributed by atoms with E-state index in [0.717, 1.165) is 6.42 Å². The fraction of sp³-hybridized carbons (Fsp3) is 1.00. The molecule has 4 heteroatoms. The van der Waals surface area contributed by atoms with Gasteiger partial charge in [-0.3, -0.25) is 0 Å².